The Labute approximate surface area is 149 Å². The second-order valence-corrected chi connectivity index (χ2v) is 7.78. The Kier molecular flexibility index (Phi) is 5.74. The normalized spacial score (nSPS) is 25.3. The molecule has 140 valence electrons. The summed E-state index contributed by atoms with van der Waals surface area (Å²) < 4.78 is 10.4. The monoisotopic (exact) mass is 350 g/mol. The van der Waals surface area contributed by atoms with Gasteiger partial charge in [0.05, 0.1) is 13.2 Å². The van der Waals surface area contributed by atoms with Crippen molar-refractivity contribution >= 4 is 5.91 Å². The first-order valence-corrected chi connectivity index (χ1v) is 9.33. The van der Waals surface area contributed by atoms with Gasteiger partial charge < -0.3 is 14.2 Å². The summed E-state index contributed by atoms with van der Waals surface area (Å²) in [5.74, 6) is 1.69. The molecule has 2 saturated heterocycles. The van der Waals surface area contributed by atoms with Gasteiger partial charge in [-0.1, -0.05) is 5.16 Å². The molecule has 0 aliphatic carbocycles. The molecule has 1 amide bonds. The summed E-state index contributed by atoms with van der Waals surface area (Å²) >= 11 is 0. The van der Waals surface area contributed by atoms with Gasteiger partial charge in [-0.15, -0.1) is 0 Å². The lowest BCUT2D eigenvalue weighted by atomic mass is 9.73. The third-order valence-electron chi connectivity index (χ3n) is 5.46. The quantitative estimate of drug-likeness (QED) is 0.780. The SMILES string of the molecule is COCCc1noc(CN2CCCC3(CCC(=O)N(C(C)C)C3)C2)n1. The minimum absolute atomic E-state index is 0.218. The summed E-state index contributed by atoms with van der Waals surface area (Å²) in [5.41, 5.74) is 0.218. The smallest absolute Gasteiger partial charge is 0.240 e. The van der Waals surface area contributed by atoms with Gasteiger partial charge in [-0.25, -0.2) is 0 Å². The van der Waals surface area contributed by atoms with Crippen LogP contribution in [0.25, 0.3) is 0 Å². The van der Waals surface area contributed by atoms with E-state index in [-0.39, 0.29) is 11.5 Å². The Morgan fingerprint density at radius 1 is 1.32 bits per heavy atom. The van der Waals surface area contributed by atoms with E-state index < -0.39 is 0 Å². The zero-order valence-corrected chi connectivity index (χ0v) is 15.7. The van der Waals surface area contributed by atoms with Crippen LogP contribution in [0, 0.1) is 5.41 Å². The first-order chi connectivity index (χ1) is 12.0. The first kappa shape index (κ1) is 18.3. The predicted molar refractivity (Wildman–Crippen MR) is 92.9 cm³/mol. The number of hydrogen-bond donors (Lipinski definition) is 0. The van der Waals surface area contributed by atoms with Crippen LogP contribution in [-0.4, -0.2) is 65.2 Å². The van der Waals surface area contributed by atoms with Crippen molar-refractivity contribution < 1.29 is 14.1 Å². The number of carbonyl (C=O) groups is 1. The third-order valence-corrected chi connectivity index (χ3v) is 5.46. The molecule has 3 heterocycles. The number of rotatable bonds is 6. The van der Waals surface area contributed by atoms with Crippen molar-refractivity contribution in [2.75, 3.05) is 33.4 Å². The second-order valence-electron chi connectivity index (χ2n) is 7.78. The van der Waals surface area contributed by atoms with Gasteiger partial charge in [0.2, 0.25) is 11.8 Å². The van der Waals surface area contributed by atoms with Gasteiger partial charge in [0.25, 0.3) is 0 Å². The highest BCUT2D eigenvalue weighted by atomic mass is 16.5. The van der Waals surface area contributed by atoms with Crippen LogP contribution in [0.4, 0.5) is 0 Å². The Bertz CT molecular complexity index is 589. The molecular weight excluding hydrogens is 320 g/mol. The summed E-state index contributed by atoms with van der Waals surface area (Å²) in [5, 5.41) is 4.02. The molecule has 1 spiro atoms. The fourth-order valence-corrected chi connectivity index (χ4v) is 4.13. The van der Waals surface area contributed by atoms with Gasteiger partial charge in [-0.05, 0) is 39.7 Å². The average molecular weight is 350 g/mol. The van der Waals surface area contributed by atoms with Crippen LogP contribution in [0.2, 0.25) is 0 Å². The van der Waals surface area contributed by atoms with Gasteiger partial charge in [0.1, 0.15) is 0 Å². The van der Waals surface area contributed by atoms with Gasteiger partial charge >= 0.3 is 0 Å². The van der Waals surface area contributed by atoms with Gasteiger partial charge in [-0.2, -0.15) is 4.98 Å². The number of nitrogens with zero attached hydrogens (tertiary/aromatic N) is 4. The van der Waals surface area contributed by atoms with Crippen LogP contribution < -0.4 is 0 Å². The number of piperidine rings is 2. The summed E-state index contributed by atoms with van der Waals surface area (Å²) in [4.78, 5) is 21.1. The molecule has 0 radical (unpaired) electrons. The van der Waals surface area contributed by atoms with Crippen molar-refractivity contribution in [2.45, 2.75) is 58.5 Å². The molecule has 1 unspecified atom stereocenters. The van der Waals surface area contributed by atoms with Crippen molar-refractivity contribution in [1.82, 2.24) is 19.9 Å². The van der Waals surface area contributed by atoms with Crippen LogP contribution in [0.15, 0.2) is 4.52 Å². The van der Waals surface area contributed by atoms with E-state index in [4.69, 9.17) is 9.26 Å². The standard InChI is InChI=1S/C18H30N4O3/c1-14(2)22-13-18(8-5-17(22)23)7-4-9-21(12-18)11-16-19-15(20-25-16)6-10-24-3/h14H,4-13H2,1-3H3. The molecular formula is C18H30N4O3. The van der Waals surface area contributed by atoms with E-state index >= 15 is 0 Å². The van der Waals surface area contributed by atoms with Gasteiger partial charge in [0.15, 0.2) is 5.82 Å². The first-order valence-electron chi connectivity index (χ1n) is 9.33. The van der Waals surface area contributed by atoms with Crippen molar-refractivity contribution in [2.24, 2.45) is 5.41 Å². The van der Waals surface area contributed by atoms with Gasteiger partial charge in [-0.3, -0.25) is 9.69 Å². The van der Waals surface area contributed by atoms with Crippen molar-refractivity contribution in [3.05, 3.63) is 11.7 Å². The van der Waals surface area contributed by atoms with Crippen molar-refractivity contribution in [1.29, 1.82) is 0 Å². The van der Waals surface area contributed by atoms with Gasteiger partial charge in [0, 0.05) is 44.5 Å². The molecule has 1 aromatic heterocycles. The molecule has 2 fully saturated rings. The topological polar surface area (TPSA) is 71.7 Å². The highest BCUT2D eigenvalue weighted by Crippen LogP contribution is 2.39. The van der Waals surface area contributed by atoms with E-state index in [9.17, 15) is 4.79 Å². The minimum atomic E-state index is 0.218. The van der Waals surface area contributed by atoms with Crippen LogP contribution in [0.5, 0.6) is 0 Å². The molecule has 0 N–H and O–H groups in total. The molecule has 0 saturated carbocycles. The number of hydrogen-bond acceptors (Lipinski definition) is 6. The molecule has 3 rings (SSSR count). The Hall–Kier alpha value is -1.47. The lowest BCUT2D eigenvalue weighted by molar-refractivity contribution is -0.141. The maximum Gasteiger partial charge on any atom is 0.240 e. The molecule has 7 nitrogen and oxygen atoms in total. The predicted octanol–water partition coefficient (Wildman–Crippen LogP) is 1.87. The molecule has 7 heteroatoms. The molecule has 2 aliphatic heterocycles. The van der Waals surface area contributed by atoms with E-state index in [0.717, 1.165) is 32.5 Å². The molecule has 1 aromatic rings. The van der Waals surface area contributed by atoms with Crippen LogP contribution in [0.1, 0.15) is 51.2 Å². The second kappa shape index (κ2) is 7.83. The maximum absolute atomic E-state index is 12.2. The van der Waals surface area contributed by atoms with Crippen molar-refractivity contribution in [3.8, 4) is 0 Å². The Morgan fingerprint density at radius 3 is 2.92 bits per heavy atom. The van der Waals surface area contributed by atoms with Crippen LogP contribution in [-0.2, 0) is 22.5 Å². The summed E-state index contributed by atoms with van der Waals surface area (Å²) in [7, 11) is 1.67. The van der Waals surface area contributed by atoms with Crippen LogP contribution >= 0.6 is 0 Å². The fraction of sp³-hybridized carbons (Fsp3) is 0.833. The molecule has 1 atom stereocenters. The molecule has 25 heavy (non-hydrogen) atoms. The highest BCUT2D eigenvalue weighted by Gasteiger charge is 2.42. The lowest BCUT2D eigenvalue weighted by Gasteiger charge is -2.49. The molecule has 2 aliphatic rings. The molecule has 0 aromatic carbocycles. The maximum atomic E-state index is 12.2. The summed E-state index contributed by atoms with van der Waals surface area (Å²) in [6.07, 6.45) is 4.70. The van der Waals surface area contributed by atoms with E-state index in [0.29, 0.717) is 43.6 Å². The van der Waals surface area contributed by atoms with E-state index in [2.05, 4.69) is 33.8 Å². The summed E-state index contributed by atoms with van der Waals surface area (Å²) in [6, 6.07) is 0.277. The van der Waals surface area contributed by atoms with E-state index in [1.165, 1.54) is 6.42 Å². The van der Waals surface area contributed by atoms with Crippen LogP contribution in [0.3, 0.4) is 0 Å². The number of methoxy groups -OCH3 is 1. The number of carbonyl (C=O) groups excluding carboxylic acids is 1. The highest BCUT2D eigenvalue weighted by molar-refractivity contribution is 5.77. The average Bonchev–Trinajstić information content (AvgIpc) is 3.03. The van der Waals surface area contributed by atoms with Crippen molar-refractivity contribution in [3.63, 3.8) is 0 Å². The zero-order valence-electron chi connectivity index (χ0n) is 15.7. The third kappa shape index (κ3) is 4.39. The number of likely N-dealkylation sites (tertiary alicyclic amines) is 2. The molecule has 0 bridgehead atoms. The number of aromatic nitrogens is 2. The van der Waals surface area contributed by atoms with E-state index in [1.54, 1.807) is 7.11 Å². The fourth-order valence-electron chi connectivity index (χ4n) is 4.13. The number of amides is 1. The lowest BCUT2D eigenvalue weighted by Crippen LogP contribution is -2.55. The Morgan fingerprint density at radius 2 is 2.16 bits per heavy atom. The zero-order chi connectivity index (χ0) is 17.9. The minimum Gasteiger partial charge on any atom is -0.384 e. The van der Waals surface area contributed by atoms with E-state index in [1.807, 2.05) is 0 Å². The Balaban J connectivity index is 1.61. The largest absolute Gasteiger partial charge is 0.384 e. The summed E-state index contributed by atoms with van der Waals surface area (Å²) in [6.45, 7) is 8.44. The number of ether oxygens (including phenoxy) is 1.